The first kappa shape index (κ1) is 19.9. The van der Waals surface area contributed by atoms with Crippen LogP contribution in [0.5, 0.6) is 5.75 Å². The summed E-state index contributed by atoms with van der Waals surface area (Å²) >= 11 is 0. The molecule has 1 heterocycles. The van der Waals surface area contributed by atoms with Crippen LogP contribution in [0.15, 0.2) is 94.4 Å². The molecule has 0 saturated carbocycles. The molecule has 4 aromatic rings. The van der Waals surface area contributed by atoms with Gasteiger partial charge in [-0.2, -0.15) is 0 Å². The number of aromatic nitrogens is 1. The monoisotopic (exact) mass is 419 g/mol. The third-order valence-corrected chi connectivity index (χ3v) is 5.79. The molecule has 0 unspecified atom stereocenters. The van der Waals surface area contributed by atoms with Crippen molar-refractivity contribution in [1.82, 2.24) is 4.98 Å². The summed E-state index contributed by atoms with van der Waals surface area (Å²) in [6, 6.07) is 24.4. The summed E-state index contributed by atoms with van der Waals surface area (Å²) in [4.78, 5) is 4.91. The standard InChI is InChI=1S/C24H21NO4S/c1-30(26,27)20-13-11-19(12-14-20)16-28-23-10-6-5-9-21(23)22-17-29-24(25-22)15-18-7-3-2-4-8-18/h2-14,17H,15-16H2,1H3. The van der Waals surface area contributed by atoms with Crippen LogP contribution < -0.4 is 4.74 Å². The molecular weight excluding hydrogens is 398 g/mol. The molecule has 30 heavy (non-hydrogen) atoms. The van der Waals surface area contributed by atoms with Crippen LogP contribution in [-0.4, -0.2) is 19.7 Å². The van der Waals surface area contributed by atoms with Crippen LogP contribution in [0.1, 0.15) is 17.0 Å². The van der Waals surface area contributed by atoms with Crippen LogP contribution >= 0.6 is 0 Å². The highest BCUT2D eigenvalue weighted by atomic mass is 32.2. The van der Waals surface area contributed by atoms with Gasteiger partial charge in [0.1, 0.15) is 24.3 Å². The largest absolute Gasteiger partial charge is 0.488 e. The minimum atomic E-state index is -3.21. The van der Waals surface area contributed by atoms with Crippen molar-refractivity contribution in [3.05, 3.63) is 102 Å². The maximum Gasteiger partial charge on any atom is 0.198 e. The topological polar surface area (TPSA) is 69.4 Å². The second kappa shape index (κ2) is 8.55. The maximum absolute atomic E-state index is 11.6. The van der Waals surface area contributed by atoms with Gasteiger partial charge in [0, 0.05) is 18.2 Å². The molecule has 0 radical (unpaired) electrons. The fraction of sp³-hybridized carbons (Fsp3) is 0.125. The smallest absolute Gasteiger partial charge is 0.198 e. The van der Waals surface area contributed by atoms with Crippen molar-refractivity contribution in [2.45, 2.75) is 17.9 Å². The number of hydrogen-bond acceptors (Lipinski definition) is 5. The van der Waals surface area contributed by atoms with E-state index < -0.39 is 9.84 Å². The molecule has 0 amide bonds. The van der Waals surface area contributed by atoms with E-state index in [9.17, 15) is 8.42 Å². The Bertz CT molecular complexity index is 1230. The zero-order chi connectivity index (χ0) is 21.0. The van der Waals surface area contributed by atoms with Crippen molar-refractivity contribution in [2.24, 2.45) is 0 Å². The van der Waals surface area contributed by atoms with Crippen LogP contribution in [-0.2, 0) is 22.9 Å². The first-order chi connectivity index (χ1) is 14.5. The van der Waals surface area contributed by atoms with Gasteiger partial charge in [0.15, 0.2) is 15.7 Å². The van der Waals surface area contributed by atoms with E-state index in [0.29, 0.717) is 35.3 Å². The predicted molar refractivity (Wildman–Crippen MR) is 115 cm³/mol. The highest BCUT2D eigenvalue weighted by Crippen LogP contribution is 2.30. The van der Waals surface area contributed by atoms with E-state index in [1.165, 1.54) is 6.26 Å². The van der Waals surface area contributed by atoms with Gasteiger partial charge in [0.2, 0.25) is 0 Å². The molecule has 4 rings (SSSR count). The van der Waals surface area contributed by atoms with Gasteiger partial charge in [-0.1, -0.05) is 54.6 Å². The van der Waals surface area contributed by atoms with Gasteiger partial charge in [-0.3, -0.25) is 0 Å². The molecule has 0 fully saturated rings. The van der Waals surface area contributed by atoms with Gasteiger partial charge in [-0.15, -0.1) is 0 Å². The summed E-state index contributed by atoms with van der Waals surface area (Å²) in [5, 5.41) is 0. The second-order valence-corrected chi connectivity index (χ2v) is 9.01. The van der Waals surface area contributed by atoms with E-state index in [0.717, 1.165) is 16.7 Å². The van der Waals surface area contributed by atoms with Crippen LogP contribution in [0.4, 0.5) is 0 Å². The molecule has 0 aliphatic carbocycles. The van der Waals surface area contributed by atoms with Crippen molar-refractivity contribution in [2.75, 3.05) is 6.26 Å². The summed E-state index contributed by atoms with van der Waals surface area (Å²) in [5.74, 6) is 1.33. The highest BCUT2D eigenvalue weighted by Gasteiger charge is 2.12. The van der Waals surface area contributed by atoms with Crippen LogP contribution in [0, 0.1) is 0 Å². The molecule has 5 nitrogen and oxygen atoms in total. The van der Waals surface area contributed by atoms with Crippen LogP contribution in [0.3, 0.4) is 0 Å². The number of nitrogens with zero attached hydrogens (tertiary/aromatic N) is 1. The average Bonchev–Trinajstić information content (AvgIpc) is 3.21. The lowest BCUT2D eigenvalue weighted by atomic mass is 10.1. The zero-order valence-electron chi connectivity index (χ0n) is 16.5. The van der Waals surface area contributed by atoms with Crippen molar-refractivity contribution in [3.63, 3.8) is 0 Å². The summed E-state index contributed by atoms with van der Waals surface area (Å²) in [6.07, 6.45) is 3.45. The Labute approximate surface area is 175 Å². The summed E-state index contributed by atoms with van der Waals surface area (Å²) in [5.41, 5.74) is 3.56. The number of benzene rings is 3. The third kappa shape index (κ3) is 4.78. The zero-order valence-corrected chi connectivity index (χ0v) is 17.3. The van der Waals surface area contributed by atoms with Gasteiger partial charge < -0.3 is 9.15 Å². The lowest BCUT2D eigenvalue weighted by Gasteiger charge is -2.10. The van der Waals surface area contributed by atoms with Gasteiger partial charge >= 0.3 is 0 Å². The fourth-order valence-electron chi connectivity index (χ4n) is 3.08. The van der Waals surface area contributed by atoms with Gasteiger partial charge in [-0.25, -0.2) is 13.4 Å². The average molecular weight is 420 g/mol. The van der Waals surface area contributed by atoms with E-state index in [1.807, 2.05) is 54.6 Å². The molecule has 152 valence electrons. The van der Waals surface area contributed by atoms with Crippen LogP contribution in [0.25, 0.3) is 11.3 Å². The Morgan fingerprint density at radius 2 is 1.57 bits per heavy atom. The lowest BCUT2D eigenvalue weighted by Crippen LogP contribution is -2.00. The molecule has 6 heteroatoms. The molecule has 0 aliphatic rings. The predicted octanol–water partition coefficient (Wildman–Crippen LogP) is 4.91. The molecule has 0 N–H and O–H groups in total. The number of rotatable bonds is 7. The molecule has 1 aromatic heterocycles. The van der Waals surface area contributed by atoms with Gasteiger partial charge in [0.25, 0.3) is 0 Å². The third-order valence-electron chi connectivity index (χ3n) is 4.66. The lowest BCUT2D eigenvalue weighted by molar-refractivity contribution is 0.307. The molecule has 0 saturated heterocycles. The molecule has 0 spiro atoms. The van der Waals surface area contributed by atoms with Crippen molar-refractivity contribution in [1.29, 1.82) is 0 Å². The van der Waals surface area contributed by atoms with Crippen molar-refractivity contribution >= 4 is 9.84 Å². The Morgan fingerprint density at radius 3 is 2.30 bits per heavy atom. The minimum Gasteiger partial charge on any atom is -0.488 e. The number of oxazole rings is 1. The van der Waals surface area contributed by atoms with Crippen molar-refractivity contribution < 1.29 is 17.6 Å². The van der Waals surface area contributed by atoms with Crippen LogP contribution in [0.2, 0.25) is 0 Å². The Kier molecular flexibility index (Phi) is 5.68. The molecule has 3 aromatic carbocycles. The normalized spacial score (nSPS) is 11.4. The number of para-hydroxylation sites is 1. The first-order valence-electron chi connectivity index (χ1n) is 9.48. The van der Waals surface area contributed by atoms with E-state index in [1.54, 1.807) is 30.5 Å². The van der Waals surface area contributed by atoms with Crippen molar-refractivity contribution in [3.8, 4) is 17.0 Å². The fourth-order valence-corrected chi connectivity index (χ4v) is 3.71. The van der Waals surface area contributed by atoms with Gasteiger partial charge in [-0.05, 0) is 35.4 Å². The minimum absolute atomic E-state index is 0.292. The number of hydrogen-bond donors (Lipinski definition) is 0. The summed E-state index contributed by atoms with van der Waals surface area (Å²) in [7, 11) is -3.21. The molecule has 0 bridgehead atoms. The molecule has 0 aliphatic heterocycles. The van der Waals surface area contributed by atoms with E-state index in [4.69, 9.17) is 9.15 Å². The first-order valence-corrected chi connectivity index (χ1v) is 11.4. The molecule has 0 atom stereocenters. The highest BCUT2D eigenvalue weighted by molar-refractivity contribution is 7.90. The van der Waals surface area contributed by atoms with E-state index in [2.05, 4.69) is 4.98 Å². The summed E-state index contributed by atoms with van der Waals surface area (Å²) in [6.45, 7) is 0.315. The molecular formula is C24H21NO4S. The Balaban J connectivity index is 1.49. The Hall–Kier alpha value is -3.38. The number of ether oxygens (including phenoxy) is 1. The van der Waals surface area contributed by atoms with E-state index >= 15 is 0 Å². The summed E-state index contributed by atoms with van der Waals surface area (Å²) < 4.78 is 34.9. The number of sulfone groups is 1. The maximum atomic E-state index is 11.6. The second-order valence-electron chi connectivity index (χ2n) is 6.99. The Morgan fingerprint density at radius 1 is 0.867 bits per heavy atom. The SMILES string of the molecule is CS(=O)(=O)c1ccc(COc2ccccc2-c2coc(Cc3ccccc3)n2)cc1. The van der Waals surface area contributed by atoms with E-state index in [-0.39, 0.29) is 0 Å². The quantitative estimate of drug-likeness (QED) is 0.425. The van der Waals surface area contributed by atoms with Gasteiger partial charge in [0.05, 0.1) is 4.90 Å².